The summed E-state index contributed by atoms with van der Waals surface area (Å²) in [6.07, 6.45) is 9.67. The summed E-state index contributed by atoms with van der Waals surface area (Å²) in [5.74, 6) is 0.484. The molecule has 104 valence electrons. The average Bonchev–Trinajstić information content (AvgIpc) is 3.01. The Hall–Kier alpha value is -1.82. The van der Waals surface area contributed by atoms with Gasteiger partial charge < -0.3 is 4.90 Å². The summed E-state index contributed by atoms with van der Waals surface area (Å²) in [5.41, 5.74) is 0.433. The Balaban J connectivity index is 1.64. The van der Waals surface area contributed by atoms with Gasteiger partial charge in [0.2, 0.25) is 0 Å². The van der Waals surface area contributed by atoms with Gasteiger partial charge in [-0.3, -0.25) is 9.78 Å². The van der Waals surface area contributed by atoms with Crippen LogP contribution in [0.5, 0.6) is 0 Å². The van der Waals surface area contributed by atoms with Crippen LogP contribution in [0.4, 0.5) is 0 Å². The fourth-order valence-corrected chi connectivity index (χ4v) is 3.32. The van der Waals surface area contributed by atoms with Crippen molar-refractivity contribution in [2.24, 2.45) is 5.92 Å². The van der Waals surface area contributed by atoms with E-state index in [0.717, 1.165) is 37.4 Å². The molecule has 0 aromatic carbocycles. The number of rotatable bonds is 3. The minimum Gasteiger partial charge on any atom is -0.337 e. The van der Waals surface area contributed by atoms with Crippen molar-refractivity contribution in [1.82, 2.24) is 19.9 Å². The van der Waals surface area contributed by atoms with E-state index in [-0.39, 0.29) is 5.91 Å². The van der Waals surface area contributed by atoms with Crippen LogP contribution < -0.4 is 0 Å². The van der Waals surface area contributed by atoms with E-state index in [0.29, 0.717) is 11.6 Å². The van der Waals surface area contributed by atoms with Crippen molar-refractivity contribution in [3.05, 3.63) is 40.9 Å². The number of hydrogen-bond acceptors (Lipinski definition) is 5. The molecule has 3 rings (SSSR count). The molecule has 1 amide bonds. The van der Waals surface area contributed by atoms with Gasteiger partial charge in [0.05, 0.1) is 11.2 Å². The summed E-state index contributed by atoms with van der Waals surface area (Å²) in [6, 6.07) is 0. The maximum absolute atomic E-state index is 12.4. The largest absolute Gasteiger partial charge is 0.337 e. The highest BCUT2D eigenvalue weighted by Gasteiger charge is 2.25. The van der Waals surface area contributed by atoms with Crippen LogP contribution in [-0.2, 0) is 6.42 Å². The molecule has 1 fully saturated rings. The van der Waals surface area contributed by atoms with Crippen LogP contribution in [0.25, 0.3) is 0 Å². The third kappa shape index (κ3) is 3.01. The molecule has 1 atom stereocenters. The molecule has 2 aromatic heterocycles. The number of thiazole rings is 1. The van der Waals surface area contributed by atoms with E-state index >= 15 is 0 Å². The number of hydrogen-bond donors (Lipinski definition) is 0. The van der Waals surface area contributed by atoms with Gasteiger partial charge in [-0.15, -0.1) is 11.3 Å². The number of amides is 1. The molecule has 1 aliphatic rings. The summed E-state index contributed by atoms with van der Waals surface area (Å²) in [4.78, 5) is 26.6. The molecule has 0 aliphatic carbocycles. The SMILES string of the molecule is O=C(c1cnccn1)N1CCC[C@H](Cc2nccs2)C1. The fraction of sp³-hybridized carbons (Fsp3) is 0.429. The van der Waals surface area contributed by atoms with Crippen LogP contribution in [0.15, 0.2) is 30.2 Å². The molecule has 0 bridgehead atoms. The van der Waals surface area contributed by atoms with Crippen LogP contribution in [0.3, 0.4) is 0 Å². The van der Waals surface area contributed by atoms with Gasteiger partial charge in [-0.1, -0.05) is 0 Å². The van der Waals surface area contributed by atoms with Crippen LogP contribution >= 0.6 is 11.3 Å². The maximum atomic E-state index is 12.4. The van der Waals surface area contributed by atoms with Crippen LogP contribution in [0.2, 0.25) is 0 Å². The second-order valence-corrected chi connectivity index (χ2v) is 5.96. The lowest BCUT2D eigenvalue weighted by Gasteiger charge is -2.32. The molecule has 2 aromatic rings. The van der Waals surface area contributed by atoms with E-state index in [4.69, 9.17) is 0 Å². The van der Waals surface area contributed by atoms with E-state index in [9.17, 15) is 4.79 Å². The van der Waals surface area contributed by atoms with Gasteiger partial charge in [0.1, 0.15) is 5.69 Å². The summed E-state index contributed by atoms with van der Waals surface area (Å²) >= 11 is 1.69. The highest BCUT2D eigenvalue weighted by atomic mass is 32.1. The lowest BCUT2D eigenvalue weighted by Crippen LogP contribution is -2.40. The molecule has 0 saturated carbocycles. The van der Waals surface area contributed by atoms with Gasteiger partial charge in [-0.2, -0.15) is 0 Å². The number of aromatic nitrogens is 3. The lowest BCUT2D eigenvalue weighted by molar-refractivity contribution is 0.0667. The second-order valence-electron chi connectivity index (χ2n) is 4.98. The predicted octanol–water partition coefficient (Wildman–Crippen LogP) is 2.03. The second kappa shape index (κ2) is 6.09. The highest BCUT2D eigenvalue weighted by Crippen LogP contribution is 2.22. The Morgan fingerprint density at radius 1 is 1.35 bits per heavy atom. The Kier molecular flexibility index (Phi) is 4.01. The molecule has 0 radical (unpaired) electrons. The maximum Gasteiger partial charge on any atom is 0.274 e. The number of carbonyl (C=O) groups excluding carboxylic acids is 1. The van der Waals surface area contributed by atoms with Gasteiger partial charge in [0, 0.05) is 43.5 Å². The van der Waals surface area contributed by atoms with Crippen LogP contribution in [-0.4, -0.2) is 38.8 Å². The van der Waals surface area contributed by atoms with Gasteiger partial charge in [-0.05, 0) is 18.8 Å². The fourth-order valence-electron chi connectivity index (χ4n) is 2.59. The van der Waals surface area contributed by atoms with E-state index < -0.39 is 0 Å². The third-order valence-corrected chi connectivity index (χ3v) is 4.34. The third-order valence-electron chi connectivity index (χ3n) is 3.54. The van der Waals surface area contributed by atoms with Crippen molar-refractivity contribution in [3.8, 4) is 0 Å². The number of likely N-dealkylation sites (tertiary alicyclic amines) is 1. The monoisotopic (exact) mass is 288 g/mol. The summed E-state index contributed by atoms with van der Waals surface area (Å²) in [7, 11) is 0. The molecule has 20 heavy (non-hydrogen) atoms. The Labute approximate surface area is 121 Å². The first kappa shape index (κ1) is 13.2. The zero-order valence-electron chi connectivity index (χ0n) is 11.1. The van der Waals surface area contributed by atoms with Crippen LogP contribution in [0.1, 0.15) is 28.3 Å². The standard InChI is InChI=1S/C14H16N4OS/c19-14(12-9-15-3-4-16-12)18-6-1-2-11(10-18)8-13-17-5-7-20-13/h3-5,7,9,11H,1-2,6,8,10H2/t11-/m1/s1. The molecule has 1 saturated heterocycles. The molecule has 0 unspecified atom stereocenters. The van der Waals surface area contributed by atoms with Gasteiger partial charge in [0.25, 0.3) is 5.91 Å². The van der Waals surface area contributed by atoms with E-state index in [1.807, 2.05) is 16.5 Å². The summed E-state index contributed by atoms with van der Waals surface area (Å²) < 4.78 is 0. The zero-order chi connectivity index (χ0) is 13.8. The van der Waals surface area contributed by atoms with E-state index in [2.05, 4.69) is 15.0 Å². The molecular weight excluding hydrogens is 272 g/mol. The quantitative estimate of drug-likeness (QED) is 0.867. The number of carbonyl (C=O) groups is 1. The summed E-state index contributed by atoms with van der Waals surface area (Å²) in [5, 5.41) is 3.16. The molecular formula is C14H16N4OS. The van der Waals surface area contributed by atoms with Gasteiger partial charge >= 0.3 is 0 Å². The summed E-state index contributed by atoms with van der Waals surface area (Å²) in [6.45, 7) is 1.60. The minimum atomic E-state index is -0.0121. The normalized spacial score (nSPS) is 19.0. The van der Waals surface area contributed by atoms with Gasteiger partial charge in [0.15, 0.2) is 0 Å². The number of nitrogens with zero attached hydrogens (tertiary/aromatic N) is 4. The Morgan fingerprint density at radius 2 is 2.30 bits per heavy atom. The molecule has 0 N–H and O–H groups in total. The molecule has 1 aliphatic heterocycles. The van der Waals surface area contributed by atoms with Gasteiger partial charge in [-0.25, -0.2) is 9.97 Å². The molecule has 5 nitrogen and oxygen atoms in total. The average molecular weight is 288 g/mol. The predicted molar refractivity (Wildman–Crippen MR) is 76.5 cm³/mol. The first-order chi connectivity index (χ1) is 9.83. The van der Waals surface area contributed by atoms with Crippen LogP contribution in [0, 0.1) is 5.92 Å². The molecule has 6 heteroatoms. The smallest absolute Gasteiger partial charge is 0.274 e. The topological polar surface area (TPSA) is 59.0 Å². The van der Waals surface area contributed by atoms with Crippen molar-refractivity contribution < 1.29 is 4.79 Å². The minimum absolute atomic E-state index is 0.0121. The van der Waals surface area contributed by atoms with E-state index in [1.165, 1.54) is 6.20 Å². The van der Waals surface area contributed by atoms with E-state index in [1.54, 1.807) is 23.7 Å². The molecule has 3 heterocycles. The zero-order valence-corrected chi connectivity index (χ0v) is 11.9. The van der Waals surface area contributed by atoms with Crippen molar-refractivity contribution in [3.63, 3.8) is 0 Å². The Morgan fingerprint density at radius 3 is 3.05 bits per heavy atom. The van der Waals surface area contributed by atoms with Crippen molar-refractivity contribution >= 4 is 17.2 Å². The first-order valence-corrected chi connectivity index (χ1v) is 7.64. The Bertz CT molecular complexity index is 558. The van der Waals surface area contributed by atoms with Crippen molar-refractivity contribution in [2.45, 2.75) is 19.3 Å². The first-order valence-electron chi connectivity index (χ1n) is 6.76. The highest BCUT2D eigenvalue weighted by molar-refractivity contribution is 7.09. The van der Waals surface area contributed by atoms with Crippen molar-refractivity contribution in [1.29, 1.82) is 0 Å². The molecule has 0 spiro atoms. The lowest BCUT2D eigenvalue weighted by atomic mass is 9.95. The number of piperidine rings is 1. The van der Waals surface area contributed by atoms with Crippen molar-refractivity contribution in [2.75, 3.05) is 13.1 Å².